The average molecular weight is 517 g/mol. The van der Waals surface area contributed by atoms with Gasteiger partial charge in [-0.05, 0) is 53.1 Å². The molecule has 1 aliphatic carbocycles. The Labute approximate surface area is 216 Å². The van der Waals surface area contributed by atoms with Crippen LogP contribution in [0.25, 0.3) is 0 Å². The number of cyclic esters (lactones) is 1. The summed E-state index contributed by atoms with van der Waals surface area (Å²) in [5.41, 5.74) is 3.10. The second-order valence-corrected chi connectivity index (χ2v) is 9.51. The van der Waals surface area contributed by atoms with Gasteiger partial charge < -0.3 is 44.0 Å². The fraction of sp³-hybridized carbons (Fsp3) is 0.250. The molecule has 3 N–H and O–H groups in total. The molecule has 194 valence electrons. The third kappa shape index (κ3) is 3.37. The smallest absolute Gasteiger partial charge is 0.310 e. The number of aromatic hydroxyl groups is 2. The number of methoxy groups -OCH3 is 1. The lowest BCUT2D eigenvalue weighted by molar-refractivity contribution is -0.141. The molecule has 0 spiro atoms. The summed E-state index contributed by atoms with van der Waals surface area (Å²) in [5, 5.41) is 24.3. The van der Waals surface area contributed by atoms with Crippen molar-refractivity contribution >= 4 is 11.7 Å². The largest absolute Gasteiger partial charge is 0.504 e. The van der Waals surface area contributed by atoms with Gasteiger partial charge in [0.1, 0.15) is 12.5 Å². The van der Waals surface area contributed by atoms with E-state index in [-0.39, 0.29) is 48.6 Å². The predicted octanol–water partition coefficient (Wildman–Crippen LogP) is 4.17. The Bertz CT molecular complexity index is 1500. The average Bonchev–Trinajstić information content (AvgIpc) is 3.55. The van der Waals surface area contributed by atoms with Crippen molar-refractivity contribution in [3.63, 3.8) is 0 Å². The SMILES string of the molecule is COc1cc([C@@H]2c3cc4c(cc3[C@H](Nc3ccc5c(c3)OC=CO5)[C@H]3COC(=O)[C@H]23)OCO4)cc(O)c1O. The number of benzene rings is 3. The van der Waals surface area contributed by atoms with Crippen LogP contribution < -0.4 is 29.0 Å². The second-order valence-electron chi connectivity index (χ2n) is 9.51. The van der Waals surface area contributed by atoms with Gasteiger partial charge in [-0.25, -0.2) is 0 Å². The highest BCUT2D eigenvalue weighted by Gasteiger charge is 2.52. The normalized spacial score (nSPS) is 23.9. The molecule has 10 nitrogen and oxygen atoms in total. The summed E-state index contributed by atoms with van der Waals surface area (Å²) in [6.45, 7) is 0.305. The van der Waals surface area contributed by atoms with Gasteiger partial charge in [-0.3, -0.25) is 4.79 Å². The van der Waals surface area contributed by atoms with E-state index in [1.807, 2.05) is 30.3 Å². The lowest BCUT2D eigenvalue weighted by Crippen LogP contribution is -2.37. The Balaban J connectivity index is 1.38. The number of carbonyl (C=O) groups is 1. The first-order valence-electron chi connectivity index (χ1n) is 12.1. The lowest BCUT2D eigenvalue weighted by Gasteiger charge is -2.40. The van der Waals surface area contributed by atoms with Gasteiger partial charge >= 0.3 is 5.97 Å². The van der Waals surface area contributed by atoms with E-state index in [0.717, 1.165) is 16.8 Å². The Hall–Kier alpha value is -4.73. The lowest BCUT2D eigenvalue weighted by atomic mass is 9.65. The fourth-order valence-corrected chi connectivity index (χ4v) is 5.87. The van der Waals surface area contributed by atoms with E-state index >= 15 is 0 Å². The van der Waals surface area contributed by atoms with Gasteiger partial charge in [0.15, 0.2) is 34.5 Å². The van der Waals surface area contributed by atoms with Crippen molar-refractivity contribution in [2.24, 2.45) is 11.8 Å². The Morgan fingerprint density at radius 3 is 2.45 bits per heavy atom. The molecule has 3 heterocycles. The minimum atomic E-state index is -0.575. The van der Waals surface area contributed by atoms with Crippen LogP contribution >= 0.6 is 0 Å². The number of hydrogen-bond acceptors (Lipinski definition) is 10. The molecule has 4 aliphatic rings. The van der Waals surface area contributed by atoms with Gasteiger partial charge in [-0.15, -0.1) is 0 Å². The number of fused-ring (bicyclic) bond motifs is 4. The Morgan fingerprint density at radius 1 is 0.895 bits per heavy atom. The van der Waals surface area contributed by atoms with Crippen molar-refractivity contribution in [3.8, 4) is 40.2 Å². The van der Waals surface area contributed by atoms with Crippen LogP contribution in [0.1, 0.15) is 28.7 Å². The summed E-state index contributed by atoms with van der Waals surface area (Å²) in [5.74, 6) is 0.0853. The van der Waals surface area contributed by atoms with Crippen LogP contribution in [-0.4, -0.2) is 36.7 Å². The molecule has 0 radical (unpaired) electrons. The molecule has 38 heavy (non-hydrogen) atoms. The van der Waals surface area contributed by atoms with Crippen molar-refractivity contribution in [3.05, 3.63) is 71.7 Å². The molecule has 7 rings (SSSR count). The van der Waals surface area contributed by atoms with Crippen LogP contribution in [0.4, 0.5) is 5.69 Å². The first-order valence-corrected chi connectivity index (χ1v) is 12.1. The molecule has 0 bridgehead atoms. The van der Waals surface area contributed by atoms with E-state index in [9.17, 15) is 15.0 Å². The maximum Gasteiger partial charge on any atom is 0.310 e. The molecule has 0 amide bonds. The third-order valence-electron chi connectivity index (χ3n) is 7.55. The summed E-state index contributed by atoms with van der Waals surface area (Å²) in [6, 6.07) is 12.1. The second kappa shape index (κ2) is 8.41. The Kier molecular flexibility index (Phi) is 4.97. The van der Waals surface area contributed by atoms with Crippen molar-refractivity contribution in [2.75, 3.05) is 25.8 Å². The van der Waals surface area contributed by atoms with Crippen LogP contribution in [-0.2, 0) is 9.53 Å². The molecule has 3 aromatic rings. The summed E-state index contributed by atoms with van der Waals surface area (Å²) in [4.78, 5) is 13.2. The molecule has 3 aliphatic heterocycles. The zero-order chi connectivity index (χ0) is 26.0. The van der Waals surface area contributed by atoms with Crippen LogP contribution in [0.3, 0.4) is 0 Å². The summed E-state index contributed by atoms with van der Waals surface area (Å²) in [7, 11) is 1.40. The standard InChI is InChI=1S/C28H23NO9/c1-33-23-7-13(6-18(30)27(23)31)24-15-9-21-22(38-12-37-21)10-16(15)26(17-11-36-28(32)25(17)24)29-14-2-3-19-20(8-14)35-5-4-34-19/h2-10,17,24-26,29-31H,11-12H2,1H3/t17-,24+,25-,26-/m0/s1. The van der Waals surface area contributed by atoms with Crippen molar-refractivity contribution in [1.29, 1.82) is 0 Å². The van der Waals surface area contributed by atoms with E-state index in [0.29, 0.717) is 28.6 Å². The fourth-order valence-electron chi connectivity index (χ4n) is 5.87. The van der Waals surface area contributed by atoms with Crippen LogP contribution in [0.15, 0.2) is 55.0 Å². The Morgan fingerprint density at radius 2 is 1.66 bits per heavy atom. The number of ether oxygens (including phenoxy) is 6. The number of phenolic OH excluding ortho intramolecular Hbond substituents is 2. The predicted molar refractivity (Wildman–Crippen MR) is 132 cm³/mol. The summed E-state index contributed by atoms with van der Waals surface area (Å²) in [6.07, 6.45) is 2.94. The molecule has 0 saturated carbocycles. The van der Waals surface area contributed by atoms with E-state index in [2.05, 4.69) is 5.32 Å². The number of carbonyl (C=O) groups excluding carboxylic acids is 1. The van der Waals surface area contributed by atoms with Gasteiger partial charge in [0.2, 0.25) is 12.5 Å². The minimum absolute atomic E-state index is 0.0966. The van der Waals surface area contributed by atoms with Gasteiger partial charge in [-0.2, -0.15) is 0 Å². The molecule has 0 unspecified atom stereocenters. The highest BCUT2D eigenvalue weighted by molar-refractivity contribution is 5.79. The van der Waals surface area contributed by atoms with Crippen LogP contribution in [0, 0.1) is 11.8 Å². The van der Waals surface area contributed by atoms with Gasteiger partial charge in [0, 0.05) is 23.6 Å². The molecular weight excluding hydrogens is 494 g/mol. The maximum atomic E-state index is 13.2. The van der Waals surface area contributed by atoms with Crippen LogP contribution in [0.5, 0.6) is 40.2 Å². The summed E-state index contributed by atoms with van der Waals surface area (Å²) >= 11 is 0. The van der Waals surface area contributed by atoms with E-state index in [1.165, 1.54) is 25.7 Å². The highest BCUT2D eigenvalue weighted by atomic mass is 16.7. The topological polar surface area (TPSA) is 125 Å². The zero-order valence-corrected chi connectivity index (χ0v) is 20.2. The minimum Gasteiger partial charge on any atom is -0.504 e. The van der Waals surface area contributed by atoms with Crippen LogP contribution in [0.2, 0.25) is 0 Å². The van der Waals surface area contributed by atoms with Crippen molar-refractivity contribution in [2.45, 2.75) is 12.0 Å². The third-order valence-corrected chi connectivity index (χ3v) is 7.55. The quantitative estimate of drug-likeness (QED) is 0.343. The van der Waals surface area contributed by atoms with Gasteiger partial charge in [0.05, 0.1) is 25.7 Å². The number of rotatable bonds is 4. The number of phenols is 2. The first-order chi connectivity index (χ1) is 18.5. The molecule has 10 heteroatoms. The summed E-state index contributed by atoms with van der Waals surface area (Å²) < 4.78 is 33.4. The van der Waals surface area contributed by atoms with Gasteiger partial charge in [-0.1, -0.05) is 0 Å². The molecular formula is C28H23NO9. The monoisotopic (exact) mass is 517 g/mol. The highest BCUT2D eigenvalue weighted by Crippen LogP contribution is 2.56. The van der Waals surface area contributed by atoms with E-state index in [1.54, 1.807) is 6.07 Å². The molecule has 1 saturated heterocycles. The maximum absolute atomic E-state index is 13.2. The van der Waals surface area contributed by atoms with Gasteiger partial charge in [0.25, 0.3) is 0 Å². The van der Waals surface area contributed by atoms with E-state index in [4.69, 9.17) is 28.4 Å². The number of nitrogens with one attached hydrogen (secondary N) is 1. The van der Waals surface area contributed by atoms with E-state index < -0.39 is 11.8 Å². The molecule has 1 fully saturated rings. The number of esters is 1. The zero-order valence-electron chi connectivity index (χ0n) is 20.2. The molecule has 0 aromatic heterocycles. The molecule has 4 atom stereocenters. The van der Waals surface area contributed by atoms with Crippen molar-refractivity contribution in [1.82, 2.24) is 0 Å². The molecule has 3 aromatic carbocycles. The number of hydrogen-bond donors (Lipinski definition) is 3. The first kappa shape index (κ1) is 22.5. The number of anilines is 1. The van der Waals surface area contributed by atoms with Crippen molar-refractivity contribution < 1.29 is 43.4 Å².